The Bertz CT molecular complexity index is 549. The van der Waals surface area contributed by atoms with E-state index in [1.165, 1.54) is 4.90 Å². The van der Waals surface area contributed by atoms with E-state index in [1.807, 2.05) is 20.8 Å². The molecule has 116 valence electrons. The van der Waals surface area contributed by atoms with Crippen LogP contribution < -0.4 is 0 Å². The molecule has 1 aromatic rings. The molecule has 8 heteroatoms. The lowest BCUT2D eigenvalue weighted by Gasteiger charge is -2.25. The Hall–Kier alpha value is -1.96. The second-order valence-corrected chi connectivity index (χ2v) is 6.22. The van der Waals surface area contributed by atoms with E-state index in [4.69, 9.17) is 9.84 Å². The normalized spacial score (nSPS) is 22.3. The Balaban J connectivity index is 2.16. The molecule has 0 aromatic carbocycles. The highest BCUT2D eigenvalue weighted by molar-refractivity contribution is 5.91. The van der Waals surface area contributed by atoms with E-state index in [0.29, 0.717) is 5.82 Å². The van der Waals surface area contributed by atoms with Crippen LogP contribution in [0.4, 0.5) is 0 Å². The molecule has 1 saturated heterocycles. The topological polar surface area (TPSA) is 108 Å². The van der Waals surface area contributed by atoms with Gasteiger partial charge in [0.25, 0.3) is 5.91 Å². The van der Waals surface area contributed by atoms with Gasteiger partial charge in [-0.3, -0.25) is 14.7 Å². The number of carbonyl (C=O) groups is 2. The Morgan fingerprint density at radius 2 is 2.05 bits per heavy atom. The average molecular weight is 296 g/mol. The van der Waals surface area contributed by atoms with Crippen LogP contribution >= 0.6 is 0 Å². The molecule has 21 heavy (non-hydrogen) atoms. The van der Waals surface area contributed by atoms with Crippen LogP contribution in [0.25, 0.3) is 0 Å². The summed E-state index contributed by atoms with van der Waals surface area (Å²) in [5.74, 6) is -1.46. The van der Waals surface area contributed by atoms with Gasteiger partial charge in [0.2, 0.25) is 5.82 Å². The predicted molar refractivity (Wildman–Crippen MR) is 72.9 cm³/mol. The fourth-order valence-electron chi connectivity index (χ4n) is 2.16. The van der Waals surface area contributed by atoms with Crippen molar-refractivity contribution in [3.63, 3.8) is 0 Å². The van der Waals surface area contributed by atoms with Crippen molar-refractivity contribution in [3.8, 4) is 0 Å². The smallest absolute Gasteiger partial charge is 0.311 e. The van der Waals surface area contributed by atoms with E-state index >= 15 is 0 Å². The number of carboxylic acids is 1. The summed E-state index contributed by atoms with van der Waals surface area (Å²) in [6, 6.07) is -0.508. The highest BCUT2D eigenvalue weighted by Gasteiger charge is 2.39. The van der Waals surface area contributed by atoms with Gasteiger partial charge in [0.1, 0.15) is 11.7 Å². The molecule has 0 radical (unpaired) electrons. The fourth-order valence-corrected chi connectivity index (χ4v) is 2.16. The van der Waals surface area contributed by atoms with Crippen LogP contribution in [0.1, 0.15) is 37.2 Å². The van der Waals surface area contributed by atoms with Gasteiger partial charge in [-0.15, -0.1) is 5.10 Å². The van der Waals surface area contributed by atoms with Crippen molar-refractivity contribution in [2.75, 3.05) is 20.3 Å². The van der Waals surface area contributed by atoms with Crippen LogP contribution in [-0.2, 0) is 14.9 Å². The van der Waals surface area contributed by atoms with Crippen molar-refractivity contribution in [3.05, 3.63) is 11.6 Å². The monoisotopic (exact) mass is 296 g/mol. The maximum absolute atomic E-state index is 12.4. The van der Waals surface area contributed by atoms with Crippen LogP contribution in [-0.4, -0.2) is 63.4 Å². The molecule has 0 spiro atoms. The highest BCUT2D eigenvalue weighted by atomic mass is 16.5. The van der Waals surface area contributed by atoms with Gasteiger partial charge in [-0.1, -0.05) is 20.8 Å². The standard InChI is InChI=1S/C13H20N4O4/c1-13(2,3)12-14-9(15-16-12)10(18)17(4)8-6-21-5-7(8)11(19)20/h7-8H,5-6H2,1-4H3,(H,19,20)(H,14,15,16). The maximum atomic E-state index is 12.4. The van der Waals surface area contributed by atoms with Crippen LogP contribution in [0.15, 0.2) is 0 Å². The van der Waals surface area contributed by atoms with E-state index < -0.39 is 23.8 Å². The molecule has 2 heterocycles. The number of carboxylic acid groups (broad SMARTS) is 1. The van der Waals surface area contributed by atoms with Gasteiger partial charge in [-0.2, -0.15) is 0 Å². The molecular formula is C13H20N4O4. The first kappa shape index (κ1) is 15.4. The summed E-state index contributed by atoms with van der Waals surface area (Å²) >= 11 is 0. The maximum Gasteiger partial charge on any atom is 0.311 e. The highest BCUT2D eigenvalue weighted by Crippen LogP contribution is 2.21. The van der Waals surface area contributed by atoms with Gasteiger partial charge in [0.05, 0.1) is 19.3 Å². The molecular weight excluding hydrogens is 276 g/mol. The van der Waals surface area contributed by atoms with E-state index in [9.17, 15) is 9.59 Å². The number of rotatable bonds is 3. The summed E-state index contributed by atoms with van der Waals surface area (Å²) in [5, 5.41) is 15.8. The molecule has 1 aromatic heterocycles. The Morgan fingerprint density at radius 1 is 1.38 bits per heavy atom. The Kier molecular flexibility index (Phi) is 3.99. The molecule has 2 unspecified atom stereocenters. The third kappa shape index (κ3) is 3.05. The molecule has 2 N–H and O–H groups in total. The number of aromatic nitrogens is 3. The number of nitrogens with one attached hydrogen (secondary N) is 1. The zero-order valence-electron chi connectivity index (χ0n) is 12.6. The number of hydrogen-bond acceptors (Lipinski definition) is 5. The van der Waals surface area contributed by atoms with Crippen LogP contribution in [0.2, 0.25) is 0 Å². The van der Waals surface area contributed by atoms with E-state index in [1.54, 1.807) is 7.05 Å². The van der Waals surface area contributed by atoms with Gasteiger partial charge in [-0.05, 0) is 0 Å². The SMILES string of the molecule is CN(C(=O)c1n[nH]c(C(C)(C)C)n1)C1COCC1C(=O)O. The van der Waals surface area contributed by atoms with Gasteiger partial charge in [0, 0.05) is 12.5 Å². The van der Waals surface area contributed by atoms with Crippen molar-refractivity contribution in [1.29, 1.82) is 0 Å². The third-order valence-corrected chi connectivity index (χ3v) is 3.57. The van der Waals surface area contributed by atoms with Crippen LogP contribution in [0.5, 0.6) is 0 Å². The minimum Gasteiger partial charge on any atom is -0.481 e. The number of amides is 1. The number of carbonyl (C=O) groups excluding carboxylic acids is 1. The summed E-state index contributed by atoms with van der Waals surface area (Å²) in [7, 11) is 1.55. The number of aliphatic carboxylic acids is 1. The molecule has 0 saturated carbocycles. The van der Waals surface area contributed by atoms with Crippen molar-refractivity contribution in [2.24, 2.45) is 5.92 Å². The van der Waals surface area contributed by atoms with Crippen molar-refractivity contribution in [1.82, 2.24) is 20.1 Å². The van der Waals surface area contributed by atoms with Crippen molar-refractivity contribution in [2.45, 2.75) is 32.2 Å². The zero-order valence-corrected chi connectivity index (χ0v) is 12.6. The first-order valence-corrected chi connectivity index (χ1v) is 6.72. The number of likely N-dealkylation sites (N-methyl/N-ethyl adjacent to an activating group) is 1. The quantitative estimate of drug-likeness (QED) is 0.829. The second kappa shape index (κ2) is 5.44. The van der Waals surface area contributed by atoms with E-state index in [0.717, 1.165) is 0 Å². The molecule has 8 nitrogen and oxygen atoms in total. The molecule has 2 atom stereocenters. The van der Waals surface area contributed by atoms with Crippen molar-refractivity contribution >= 4 is 11.9 Å². The summed E-state index contributed by atoms with van der Waals surface area (Å²) in [6.45, 7) is 6.18. The number of hydrogen-bond donors (Lipinski definition) is 2. The first-order valence-electron chi connectivity index (χ1n) is 6.72. The average Bonchev–Trinajstić information content (AvgIpc) is 3.04. The summed E-state index contributed by atoms with van der Waals surface area (Å²) in [6.07, 6.45) is 0. The molecule has 1 aliphatic heterocycles. The summed E-state index contributed by atoms with van der Waals surface area (Å²) in [5.41, 5.74) is -0.246. The summed E-state index contributed by atoms with van der Waals surface area (Å²) in [4.78, 5) is 29.1. The number of H-pyrrole nitrogens is 1. The lowest BCUT2D eigenvalue weighted by Crippen LogP contribution is -2.44. The number of ether oxygens (including phenoxy) is 1. The second-order valence-electron chi connectivity index (χ2n) is 6.22. The predicted octanol–water partition coefficient (Wildman–Crippen LogP) is 0.274. The van der Waals surface area contributed by atoms with Gasteiger partial charge >= 0.3 is 5.97 Å². The van der Waals surface area contributed by atoms with E-state index in [2.05, 4.69) is 15.2 Å². The number of nitrogens with zero attached hydrogens (tertiary/aromatic N) is 3. The van der Waals surface area contributed by atoms with Gasteiger partial charge in [0.15, 0.2) is 0 Å². The van der Waals surface area contributed by atoms with Gasteiger partial charge < -0.3 is 14.7 Å². The molecule has 2 rings (SSSR count). The fraction of sp³-hybridized carbons (Fsp3) is 0.692. The largest absolute Gasteiger partial charge is 0.481 e. The zero-order chi connectivity index (χ0) is 15.8. The van der Waals surface area contributed by atoms with Crippen LogP contribution in [0.3, 0.4) is 0 Å². The molecule has 1 aliphatic rings. The Morgan fingerprint density at radius 3 is 2.57 bits per heavy atom. The minimum atomic E-state index is -0.970. The lowest BCUT2D eigenvalue weighted by molar-refractivity contribution is -0.142. The molecule has 0 bridgehead atoms. The minimum absolute atomic E-state index is 0.0402. The molecule has 1 fully saturated rings. The number of aromatic amines is 1. The third-order valence-electron chi connectivity index (χ3n) is 3.57. The summed E-state index contributed by atoms with van der Waals surface area (Å²) < 4.78 is 5.17. The lowest BCUT2D eigenvalue weighted by atomic mass is 9.96. The first-order chi connectivity index (χ1) is 9.71. The molecule has 1 amide bonds. The van der Waals surface area contributed by atoms with Crippen molar-refractivity contribution < 1.29 is 19.4 Å². The van der Waals surface area contributed by atoms with Gasteiger partial charge in [-0.25, -0.2) is 4.98 Å². The molecule has 0 aliphatic carbocycles. The Labute approximate surface area is 122 Å². The van der Waals surface area contributed by atoms with E-state index in [-0.39, 0.29) is 24.5 Å². The van der Waals surface area contributed by atoms with Crippen LogP contribution in [0, 0.1) is 5.92 Å².